The lowest BCUT2D eigenvalue weighted by molar-refractivity contribution is -0.155. The third-order valence-electron chi connectivity index (χ3n) is 3.54. The highest BCUT2D eigenvalue weighted by atomic mass is 16.5. The smallest absolute Gasteiger partial charge is 0.309 e. The van der Waals surface area contributed by atoms with Gasteiger partial charge in [0, 0.05) is 0 Å². The molecule has 0 aromatic heterocycles. The summed E-state index contributed by atoms with van der Waals surface area (Å²) in [6, 6.07) is 0. The second-order valence-corrected chi connectivity index (χ2v) is 6.25. The van der Waals surface area contributed by atoms with Gasteiger partial charge >= 0.3 is 5.97 Å². The molecule has 86 valence electrons. The molecular weight excluding hydrogens is 188 g/mol. The molecule has 0 saturated heterocycles. The van der Waals surface area contributed by atoms with Gasteiger partial charge in [0.2, 0.25) is 0 Å². The molecule has 2 saturated carbocycles. The van der Waals surface area contributed by atoms with Crippen LogP contribution in [0.4, 0.5) is 0 Å². The standard InChI is InChI=1S/C13H22O2/c1-9-6-11(8-13(2,3)7-9)15-12(14)10-4-5-10/h9-11H,4-8H2,1-3H3. The molecule has 2 aliphatic carbocycles. The molecule has 2 nitrogen and oxygen atoms in total. The first-order valence-electron chi connectivity index (χ1n) is 6.17. The quantitative estimate of drug-likeness (QED) is 0.654. The second kappa shape index (κ2) is 3.80. The van der Waals surface area contributed by atoms with Crippen molar-refractivity contribution in [2.75, 3.05) is 0 Å². The van der Waals surface area contributed by atoms with Crippen LogP contribution >= 0.6 is 0 Å². The summed E-state index contributed by atoms with van der Waals surface area (Å²) in [5, 5.41) is 0. The highest BCUT2D eigenvalue weighted by Gasteiger charge is 2.37. The van der Waals surface area contributed by atoms with Crippen LogP contribution in [0.15, 0.2) is 0 Å². The average molecular weight is 210 g/mol. The van der Waals surface area contributed by atoms with Crippen molar-refractivity contribution < 1.29 is 9.53 Å². The van der Waals surface area contributed by atoms with Gasteiger partial charge in [0.15, 0.2) is 0 Å². The van der Waals surface area contributed by atoms with Gasteiger partial charge in [0.1, 0.15) is 6.10 Å². The van der Waals surface area contributed by atoms with Crippen LogP contribution in [0.5, 0.6) is 0 Å². The van der Waals surface area contributed by atoms with E-state index in [1.807, 2.05) is 0 Å². The molecule has 0 heterocycles. The van der Waals surface area contributed by atoms with Crippen LogP contribution in [0.1, 0.15) is 52.9 Å². The van der Waals surface area contributed by atoms with Gasteiger partial charge in [-0.25, -0.2) is 0 Å². The fourth-order valence-corrected chi connectivity index (χ4v) is 2.93. The molecule has 0 radical (unpaired) electrons. The lowest BCUT2D eigenvalue weighted by Crippen LogP contribution is -2.34. The summed E-state index contributed by atoms with van der Waals surface area (Å²) in [5.41, 5.74) is 0.339. The highest BCUT2D eigenvalue weighted by molar-refractivity contribution is 5.75. The Morgan fingerprint density at radius 2 is 1.93 bits per heavy atom. The number of hydrogen-bond donors (Lipinski definition) is 0. The van der Waals surface area contributed by atoms with Gasteiger partial charge in [0.25, 0.3) is 0 Å². The molecule has 0 spiro atoms. The zero-order chi connectivity index (χ0) is 11.1. The Hall–Kier alpha value is -0.530. The maximum atomic E-state index is 11.6. The third kappa shape index (κ3) is 2.96. The van der Waals surface area contributed by atoms with Crippen molar-refractivity contribution in [3.63, 3.8) is 0 Å². The van der Waals surface area contributed by atoms with E-state index in [0.29, 0.717) is 11.3 Å². The molecule has 0 bridgehead atoms. The third-order valence-corrected chi connectivity index (χ3v) is 3.54. The number of hydrogen-bond acceptors (Lipinski definition) is 2. The van der Waals surface area contributed by atoms with Crippen LogP contribution in [0.2, 0.25) is 0 Å². The molecule has 0 amide bonds. The van der Waals surface area contributed by atoms with E-state index in [1.54, 1.807) is 0 Å². The van der Waals surface area contributed by atoms with E-state index in [-0.39, 0.29) is 18.0 Å². The summed E-state index contributed by atoms with van der Waals surface area (Å²) in [7, 11) is 0. The molecule has 15 heavy (non-hydrogen) atoms. The molecule has 0 N–H and O–H groups in total. The predicted octanol–water partition coefficient (Wildman–Crippen LogP) is 3.15. The normalized spacial score (nSPS) is 34.9. The van der Waals surface area contributed by atoms with Crippen molar-refractivity contribution in [1.82, 2.24) is 0 Å². The first kappa shape index (κ1) is 11.0. The Morgan fingerprint density at radius 3 is 2.47 bits per heavy atom. The van der Waals surface area contributed by atoms with Crippen LogP contribution in [-0.4, -0.2) is 12.1 Å². The maximum absolute atomic E-state index is 11.6. The zero-order valence-corrected chi connectivity index (χ0v) is 10.1. The molecule has 2 heteroatoms. The minimum absolute atomic E-state index is 0.0601. The molecule has 0 aromatic rings. The summed E-state index contributed by atoms with van der Waals surface area (Å²) in [4.78, 5) is 11.6. The Labute approximate surface area is 92.4 Å². The van der Waals surface area contributed by atoms with Crippen LogP contribution < -0.4 is 0 Å². The van der Waals surface area contributed by atoms with E-state index >= 15 is 0 Å². The van der Waals surface area contributed by atoms with Crippen molar-refractivity contribution >= 4 is 5.97 Å². The van der Waals surface area contributed by atoms with E-state index in [0.717, 1.165) is 25.7 Å². The number of carbonyl (C=O) groups is 1. The maximum Gasteiger partial charge on any atom is 0.309 e. The molecule has 2 unspecified atom stereocenters. The molecular formula is C13H22O2. The van der Waals surface area contributed by atoms with Gasteiger partial charge in [-0.2, -0.15) is 0 Å². The van der Waals surface area contributed by atoms with Gasteiger partial charge in [-0.05, 0) is 43.4 Å². The fourth-order valence-electron chi connectivity index (χ4n) is 2.93. The van der Waals surface area contributed by atoms with E-state index in [4.69, 9.17) is 4.74 Å². The van der Waals surface area contributed by atoms with E-state index in [2.05, 4.69) is 20.8 Å². The molecule has 2 atom stereocenters. The number of esters is 1. The van der Waals surface area contributed by atoms with Crippen LogP contribution in [0.25, 0.3) is 0 Å². The van der Waals surface area contributed by atoms with Gasteiger partial charge in [-0.1, -0.05) is 20.8 Å². The van der Waals surface area contributed by atoms with Gasteiger partial charge in [-0.3, -0.25) is 4.79 Å². The van der Waals surface area contributed by atoms with Gasteiger partial charge in [0.05, 0.1) is 5.92 Å². The second-order valence-electron chi connectivity index (χ2n) is 6.25. The molecule has 2 aliphatic rings. The Kier molecular flexibility index (Phi) is 2.78. The van der Waals surface area contributed by atoms with Crippen molar-refractivity contribution in [3.05, 3.63) is 0 Å². The first-order valence-corrected chi connectivity index (χ1v) is 6.17. The fraction of sp³-hybridized carbons (Fsp3) is 0.923. The topological polar surface area (TPSA) is 26.3 Å². The SMILES string of the molecule is CC1CC(OC(=O)C2CC2)CC(C)(C)C1. The number of rotatable bonds is 2. The summed E-state index contributed by atoms with van der Waals surface area (Å²) in [6.45, 7) is 6.82. The minimum atomic E-state index is 0.0601. The molecule has 0 aliphatic heterocycles. The highest BCUT2D eigenvalue weighted by Crippen LogP contribution is 2.40. The lowest BCUT2D eigenvalue weighted by atomic mass is 9.71. The summed E-state index contributed by atoms with van der Waals surface area (Å²) < 4.78 is 5.58. The summed E-state index contributed by atoms with van der Waals surface area (Å²) >= 11 is 0. The van der Waals surface area contributed by atoms with Gasteiger partial charge in [-0.15, -0.1) is 0 Å². The number of carbonyl (C=O) groups excluding carboxylic acids is 1. The Morgan fingerprint density at radius 1 is 1.27 bits per heavy atom. The Balaban J connectivity index is 1.88. The van der Waals surface area contributed by atoms with Crippen LogP contribution in [-0.2, 0) is 9.53 Å². The van der Waals surface area contributed by atoms with Crippen LogP contribution in [0, 0.1) is 17.3 Å². The van der Waals surface area contributed by atoms with E-state index in [1.165, 1.54) is 6.42 Å². The van der Waals surface area contributed by atoms with E-state index in [9.17, 15) is 4.79 Å². The Bertz CT molecular complexity index is 253. The summed E-state index contributed by atoms with van der Waals surface area (Å²) in [5.74, 6) is 0.987. The largest absolute Gasteiger partial charge is 0.462 e. The van der Waals surface area contributed by atoms with Crippen molar-refractivity contribution in [1.29, 1.82) is 0 Å². The molecule has 2 fully saturated rings. The number of ether oxygens (including phenoxy) is 1. The van der Waals surface area contributed by atoms with Crippen LogP contribution in [0.3, 0.4) is 0 Å². The average Bonchev–Trinajstić information content (AvgIpc) is 2.80. The van der Waals surface area contributed by atoms with E-state index < -0.39 is 0 Å². The molecule has 2 rings (SSSR count). The first-order chi connectivity index (χ1) is 6.96. The summed E-state index contributed by atoms with van der Waals surface area (Å²) in [6.07, 6.45) is 5.62. The zero-order valence-electron chi connectivity index (χ0n) is 10.1. The predicted molar refractivity (Wildman–Crippen MR) is 59.4 cm³/mol. The monoisotopic (exact) mass is 210 g/mol. The van der Waals surface area contributed by atoms with Crippen molar-refractivity contribution in [2.24, 2.45) is 17.3 Å². The van der Waals surface area contributed by atoms with Crippen molar-refractivity contribution in [3.8, 4) is 0 Å². The minimum Gasteiger partial charge on any atom is -0.462 e. The van der Waals surface area contributed by atoms with Gasteiger partial charge < -0.3 is 4.74 Å². The molecule has 0 aromatic carbocycles. The lowest BCUT2D eigenvalue weighted by Gasteiger charge is -2.38. The van der Waals surface area contributed by atoms with Crippen molar-refractivity contribution in [2.45, 2.75) is 59.0 Å².